The molecule has 0 aliphatic heterocycles. The minimum Gasteiger partial charge on any atom is -0.322 e. The smallest absolute Gasteiger partial charge is 0.255 e. The van der Waals surface area contributed by atoms with Crippen LogP contribution in [0.5, 0.6) is 0 Å². The summed E-state index contributed by atoms with van der Waals surface area (Å²) in [6.45, 7) is 9.16. The van der Waals surface area contributed by atoms with Gasteiger partial charge < -0.3 is 5.32 Å². The molecule has 0 saturated heterocycles. The number of fused-ring (bicyclic) bond motifs is 1. The molecule has 0 unspecified atom stereocenters. The van der Waals surface area contributed by atoms with Gasteiger partial charge in [-0.15, -0.1) is 0 Å². The zero-order chi connectivity index (χ0) is 17.5. The van der Waals surface area contributed by atoms with Gasteiger partial charge in [-0.1, -0.05) is 33.8 Å². The Bertz CT molecular complexity index is 775. The normalized spacial score (nSPS) is 17.9. The number of benzene rings is 2. The highest BCUT2D eigenvalue weighted by Crippen LogP contribution is 2.45. The summed E-state index contributed by atoms with van der Waals surface area (Å²) in [6.07, 6.45) is 2.33. The van der Waals surface area contributed by atoms with Crippen LogP contribution in [-0.4, -0.2) is 5.91 Å². The Kier molecular flexibility index (Phi) is 4.49. The number of carbonyl (C=O) groups is 1. The van der Waals surface area contributed by atoms with Crippen molar-refractivity contribution >= 4 is 34.2 Å². The SMILES string of the molecule is CC1(C)CCC(C)(C)c2cc(C(=O)Nc3ccc(I)cc3)ccc21. The van der Waals surface area contributed by atoms with E-state index in [0.29, 0.717) is 0 Å². The molecule has 0 radical (unpaired) electrons. The fourth-order valence-electron chi connectivity index (χ4n) is 3.47. The number of amides is 1. The minimum atomic E-state index is -0.0433. The van der Waals surface area contributed by atoms with Crippen LogP contribution in [0.25, 0.3) is 0 Å². The lowest BCUT2D eigenvalue weighted by molar-refractivity contribution is 0.102. The topological polar surface area (TPSA) is 29.1 Å². The standard InChI is InChI=1S/C21H24INO/c1-20(2)11-12-21(3,4)18-13-14(5-10-17(18)20)19(24)23-16-8-6-15(22)7-9-16/h5-10,13H,11-12H2,1-4H3,(H,23,24). The first-order valence-electron chi connectivity index (χ1n) is 8.41. The number of anilines is 1. The molecule has 3 heteroatoms. The van der Waals surface area contributed by atoms with Crippen LogP contribution in [0, 0.1) is 3.57 Å². The molecule has 0 aromatic heterocycles. The predicted octanol–water partition coefficient (Wildman–Crippen LogP) is 5.89. The summed E-state index contributed by atoms with van der Waals surface area (Å²) in [7, 11) is 0. The van der Waals surface area contributed by atoms with Crippen LogP contribution in [0.2, 0.25) is 0 Å². The number of halogens is 1. The van der Waals surface area contributed by atoms with Gasteiger partial charge >= 0.3 is 0 Å². The van der Waals surface area contributed by atoms with Gasteiger partial charge in [0.25, 0.3) is 5.91 Å². The van der Waals surface area contributed by atoms with Gasteiger partial charge in [-0.2, -0.15) is 0 Å². The summed E-state index contributed by atoms with van der Waals surface area (Å²) in [5.41, 5.74) is 4.55. The summed E-state index contributed by atoms with van der Waals surface area (Å²) in [6, 6.07) is 14.1. The Morgan fingerprint density at radius 1 is 0.917 bits per heavy atom. The van der Waals surface area contributed by atoms with E-state index in [9.17, 15) is 4.79 Å². The molecule has 2 aromatic rings. The molecule has 0 heterocycles. The fraction of sp³-hybridized carbons (Fsp3) is 0.381. The summed E-state index contributed by atoms with van der Waals surface area (Å²) < 4.78 is 1.16. The van der Waals surface area contributed by atoms with Crippen molar-refractivity contribution in [2.75, 3.05) is 5.32 Å². The highest BCUT2D eigenvalue weighted by Gasteiger charge is 2.37. The summed E-state index contributed by atoms with van der Waals surface area (Å²) in [5.74, 6) is -0.0433. The van der Waals surface area contributed by atoms with E-state index in [1.54, 1.807) is 0 Å². The molecular weight excluding hydrogens is 409 g/mol. The summed E-state index contributed by atoms with van der Waals surface area (Å²) in [4.78, 5) is 12.6. The Hall–Kier alpha value is -1.36. The van der Waals surface area contributed by atoms with Crippen LogP contribution in [0.4, 0.5) is 5.69 Å². The van der Waals surface area contributed by atoms with Gasteiger partial charge in [-0.3, -0.25) is 4.79 Å². The van der Waals surface area contributed by atoms with E-state index in [4.69, 9.17) is 0 Å². The maximum Gasteiger partial charge on any atom is 0.255 e. The van der Waals surface area contributed by atoms with E-state index >= 15 is 0 Å². The number of rotatable bonds is 2. The second-order valence-electron chi connectivity index (χ2n) is 7.99. The summed E-state index contributed by atoms with van der Waals surface area (Å²) in [5, 5.41) is 3.00. The van der Waals surface area contributed by atoms with E-state index in [1.807, 2.05) is 30.3 Å². The van der Waals surface area contributed by atoms with Crippen molar-refractivity contribution in [3.63, 3.8) is 0 Å². The third kappa shape index (κ3) is 3.37. The number of hydrogen-bond donors (Lipinski definition) is 1. The zero-order valence-corrected chi connectivity index (χ0v) is 16.9. The molecule has 0 saturated carbocycles. The van der Waals surface area contributed by atoms with Crippen molar-refractivity contribution in [2.24, 2.45) is 0 Å². The molecular formula is C21H24INO. The fourth-order valence-corrected chi connectivity index (χ4v) is 3.83. The molecule has 1 aliphatic carbocycles. The third-order valence-corrected chi connectivity index (χ3v) is 5.94. The molecule has 0 atom stereocenters. The monoisotopic (exact) mass is 433 g/mol. The Balaban J connectivity index is 1.92. The molecule has 1 aliphatic rings. The van der Waals surface area contributed by atoms with Crippen molar-refractivity contribution in [1.82, 2.24) is 0 Å². The highest BCUT2D eigenvalue weighted by atomic mass is 127. The molecule has 0 bridgehead atoms. The van der Waals surface area contributed by atoms with Gasteiger partial charge in [0, 0.05) is 14.8 Å². The van der Waals surface area contributed by atoms with Crippen LogP contribution in [0.3, 0.4) is 0 Å². The highest BCUT2D eigenvalue weighted by molar-refractivity contribution is 14.1. The number of carbonyl (C=O) groups excluding carboxylic acids is 1. The quantitative estimate of drug-likeness (QED) is 0.588. The van der Waals surface area contributed by atoms with E-state index < -0.39 is 0 Å². The van der Waals surface area contributed by atoms with Crippen molar-refractivity contribution in [3.8, 4) is 0 Å². The first-order chi connectivity index (χ1) is 11.2. The van der Waals surface area contributed by atoms with Crippen LogP contribution in [0.1, 0.15) is 62.0 Å². The van der Waals surface area contributed by atoms with Gasteiger partial charge in [-0.05, 0) is 93.8 Å². The van der Waals surface area contributed by atoms with Crippen molar-refractivity contribution in [3.05, 3.63) is 62.7 Å². The lowest BCUT2D eigenvalue weighted by atomic mass is 9.63. The first kappa shape index (κ1) is 17.5. The molecule has 3 rings (SSSR count). The molecule has 2 aromatic carbocycles. The molecule has 24 heavy (non-hydrogen) atoms. The number of nitrogens with one attached hydrogen (secondary N) is 1. The van der Waals surface area contributed by atoms with Crippen molar-refractivity contribution in [1.29, 1.82) is 0 Å². The Morgan fingerprint density at radius 2 is 1.50 bits per heavy atom. The van der Waals surface area contributed by atoms with E-state index in [2.05, 4.69) is 67.7 Å². The van der Waals surface area contributed by atoms with E-state index in [-0.39, 0.29) is 16.7 Å². The molecule has 2 nitrogen and oxygen atoms in total. The molecule has 126 valence electrons. The van der Waals surface area contributed by atoms with Gasteiger partial charge in [0.1, 0.15) is 0 Å². The maximum atomic E-state index is 12.6. The minimum absolute atomic E-state index is 0.0433. The van der Waals surface area contributed by atoms with E-state index in [1.165, 1.54) is 17.5 Å². The average Bonchev–Trinajstić information content (AvgIpc) is 2.54. The first-order valence-corrected chi connectivity index (χ1v) is 9.49. The molecule has 1 amide bonds. The predicted molar refractivity (Wildman–Crippen MR) is 109 cm³/mol. The summed E-state index contributed by atoms with van der Waals surface area (Å²) >= 11 is 2.26. The van der Waals surface area contributed by atoms with Crippen LogP contribution < -0.4 is 5.32 Å². The van der Waals surface area contributed by atoms with Crippen LogP contribution >= 0.6 is 22.6 Å². The van der Waals surface area contributed by atoms with Gasteiger partial charge in [0.2, 0.25) is 0 Å². The molecule has 1 N–H and O–H groups in total. The zero-order valence-electron chi connectivity index (χ0n) is 14.7. The lowest BCUT2D eigenvalue weighted by Crippen LogP contribution is -2.34. The Morgan fingerprint density at radius 3 is 2.12 bits per heavy atom. The number of hydrogen-bond acceptors (Lipinski definition) is 1. The van der Waals surface area contributed by atoms with Gasteiger partial charge in [0.15, 0.2) is 0 Å². The Labute approximate surface area is 158 Å². The van der Waals surface area contributed by atoms with Crippen LogP contribution in [0.15, 0.2) is 42.5 Å². The second kappa shape index (κ2) is 6.17. The lowest BCUT2D eigenvalue weighted by Gasteiger charge is -2.42. The van der Waals surface area contributed by atoms with Crippen molar-refractivity contribution < 1.29 is 4.79 Å². The second-order valence-corrected chi connectivity index (χ2v) is 9.23. The molecule has 0 spiro atoms. The van der Waals surface area contributed by atoms with Crippen LogP contribution in [-0.2, 0) is 10.8 Å². The van der Waals surface area contributed by atoms with Gasteiger partial charge in [-0.25, -0.2) is 0 Å². The maximum absolute atomic E-state index is 12.6. The average molecular weight is 433 g/mol. The van der Waals surface area contributed by atoms with Gasteiger partial charge in [0.05, 0.1) is 0 Å². The third-order valence-electron chi connectivity index (χ3n) is 5.22. The van der Waals surface area contributed by atoms with Crippen molar-refractivity contribution in [2.45, 2.75) is 51.4 Å². The largest absolute Gasteiger partial charge is 0.322 e. The molecule has 0 fully saturated rings. The van der Waals surface area contributed by atoms with E-state index in [0.717, 1.165) is 21.2 Å².